The fourth-order valence-electron chi connectivity index (χ4n) is 8.62. The molecule has 6 bridgehead atoms. The van der Waals surface area contributed by atoms with Crippen molar-refractivity contribution in [3.63, 3.8) is 0 Å². The number of esters is 1. The number of likely N-dealkylation sites (N-methyl/N-ethyl adjacent to an activating group) is 1. The average Bonchev–Trinajstić information content (AvgIpc) is 3.48. The van der Waals surface area contributed by atoms with Gasteiger partial charge in [-0.1, -0.05) is 70.2 Å². The Kier molecular flexibility index (Phi) is 12.5. The van der Waals surface area contributed by atoms with Crippen molar-refractivity contribution in [3.8, 4) is 11.1 Å². The summed E-state index contributed by atoms with van der Waals surface area (Å²) in [7, 11) is 3.52. The van der Waals surface area contributed by atoms with E-state index < -0.39 is 23.4 Å². The number of aryl methyl sites for hydroxylation is 1. The number of hydrazine groups is 1. The maximum atomic E-state index is 14.3. The number of carbonyl (C=O) groups is 3. The molecule has 3 aromatic rings. The van der Waals surface area contributed by atoms with Crippen LogP contribution in [0.15, 0.2) is 60.3 Å². The zero-order valence-electron chi connectivity index (χ0n) is 34.5. The Morgan fingerprint density at radius 2 is 1.91 bits per heavy atom. The molecule has 0 spiro atoms. The third-order valence-electron chi connectivity index (χ3n) is 11.5. The van der Waals surface area contributed by atoms with Gasteiger partial charge in [-0.3, -0.25) is 19.4 Å². The van der Waals surface area contributed by atoms with Crippen LogP contribution >= 0.6 is 0 Å². The number of benzene rings is 2. The van der Waals surface area contributed by atoms with Crippen molar-refractivity contribution >= 4 is 41.0 Å². The highest BCUT2D eigenvalue weighted by Gasteiger charge is 2.36. The molecule has 300 valence electrons. The number of methoxy groups -OCH3 is 1. The highest BCUT2D eigenvalue weighted by Crippen LogP contribution is 2.40. The number of rotatable bonds is 9. The van der Waals surface area contributed by atoms with Gasteiger partial charge in [-0.05, 0) is 73.9 Å². The molecule has 0 aliphatic carbocycles. The Labute approximate surface area is 332 Å². The second kappa shape index (κ2) is 17.2. The van der Waals surface area contributed by atoms with Crippen LogP contribution in [-0.2, 0) is 43.2 Å². The van der Waals surface area contributed by atoms with Crippen LogP contribution in [0.4, 0.5) is 0 Å². The zero-order valence-corrected chi connectivity index (χ0v) is 34.5. The Balaban J connectivity index is 1.48. The zero-order chi connectivity index (χ0) is 40.3. The van der Waals surface area contributed by atoms with Gasteiger partial charge < -0.3 is 24.7 Å². The summed E-state index contributed by atoms with van der Waals surface area (Å²) in [5.74, 6) is -1.26. The highest BCUT2D eigenvalue weighted by atomic mass is 16.5. The van der Waals surface area contributed by atoms with E-state index in [2.05, 4.69) is 97.5 Å². The van der Waals surface area contributed by atoms with Crippen LogP contribution < -0.4 is 16.1 Å². The van der Waals surface area contributed by atoms with E-state index in [1.54, 1.807) is 23.7 Å². The number of dihydropyridines is 1. The molecule has 2 amide bonds. The monoisotopic (exact) mass is 765 g/mol. The Morgan fingerprint density at radius 3 is 2.62 bits per heavy atom. The molecule has 11 heteroatoms. The van der Waals surface area contributed by atoms with Gasteiger partial charge in [0.1, 0.15) is 19.8 Å². The van der Waals surface area contributed by atoms with Gasteiger partial charge in [0.2, 0.25) is 11.9 Å². The highest BCUT2D eigenvalue weighted by molar-refractivity contribution is 5.95. The normalized spacial score (nSPS) is 21.3. The molecular weight excluding hydrogens is 705 g/mol. The molecule has 56 heavy (non-hydrogen) atoms. The Hall–Kier alpha value is -4.74. The molecule has 4 heterocycles. The van der Waals surface area contributed by atoms with E-state index in [0.29, 0.717) is 32.2 Å². The van der Waals surface area contributed by atoms with Crippen molar-refractivity contribution in [1.82, 2.24) is 25.6 Å². The van der Waals surface area contributed by atoms with Crippen molar-refractivity contribution in [1.29, 1.82) is 0 Å². The van der Waals surface area contributed by atoms with Crippen LogP contribution in [0.3, 0.4) is 0 Å². The topological polar surface area (TPSA) is 117 Å². The van der Waals surface area contributed by atoms with Crippen LogP contribution in [0, 0.1) is 17.3 Å². The molecule has 0 radical (unpaired) electrons. The number of aromatic nitrogens is 1. The lowest BCUT2D eigenvalue weighted by molar-refractivity contribution is -0.523. The Bertz CT molecular complexity index is 2040. The van der Waals surface area contributed by atoms with Gasteiger partial charge in [-0.2, -0.15) is 0 Å². The van der Waals surface area contributed by atoms with E-state index in [-0.39, 0.29) is 43.0 Å². The van der Waals surface area contributed by atoms with Gasteiger partial charge in [0.25, 0.3) is 5.91 Å². The van der Waals surface area contributed by atoms with Crippen molar-refractivity contribution in [2.45, 2.75) is 92.0 Å². The number of nitrogens with one attached hydrogen (secondary N) is 3. The number of nitrogens with zero attached hydrogens (tertiary/aromatic N) is 3. The molecule has 4 atom stereocenters. The molecule has 1 fully saturated rings. The van der Waals surface area contributed by atoms with Gasteiger partial charge in [0, 0.05) is 66.8 Å². The number of hydrogen-bond donors (Lipinski definition) is 3. The van der Waals surface area contributed by atoms with E-state index in [1.807, 2.05) is 26.0 Å². The predicted octanol–water partition coefficient (Wildman–Crippen LogP) is 5.50. The van der Waals surface area contributed by atoms with Gasteiger partial charge in [0.15, 0.2) is 0 Å². The minimum absolute atomic E-state index is 0.0299. The lowest BCUT2D eigenvalue weighted by Gasteiger charge is -2.35. The lowest BCUT2D eigenvalue weighted by Crippen LogP contribution is -2.58. The standard InChI is InChI=1S/C45H60N6O5/c1-10-50-38-19-18-32-24-35(38)36(41(50)34-16-12-20-46-39(34)29(4)55-9)25-45(5,6)27-56-44(54)37-17-13-21-51(48-37)43(53)33(23-30-14-11-15-31(32)22-30)26-47-42(52)40(28(2)3)49(7)8/h11-12,14-16,18-19,22,24,28-29,33,37,40,46,48H,7,10,13,17,20-21,23,25-27H2,1-6,8-9H3/p+1/t29-,33?,37-,40-/m0/s1. The van der Waals surface area contributed by atoms with Gasteiger partial charge in [0.05, 0.1) is 24.3 Å². The van der Waals surface area contributed by atoms with Crippen molar-refractivity contribution in [3.05, 3.63) is 77.1 Å². The second-order valence-electron chi connectivity index (χ2n) is 16.8. The fraction of sp³-hybridized carbons (Fsp3) is 0.511. The number of allylic oxidation sites excluding steroid dienone is 2. The van der Waals surface area contributed by atoms with Crippen LogP contribution in [-0.4, -0.2) is 97.2 Å². The summed E-state index contributed by atoms with van der Waals surface area (Å²) in [6.07, 6.45) is 6.50. The largest absolute Gasteiger partial charge is 0.464 e. The van der Waals surface area contributed by atoms with E-state index in [9.17, 15) is 14.4 Å². The third-order valence-corrected chi connectivity index (χ3v) is 11.5. The number of amides is 2. The average molecular weight is 766 g/mol. The second-order valence-corrected chi connectivity index (χ2v) is 16.8. The summed E-state index contributed by atoms with van der Waals surface area (Å²) in [6.45, 7) is 18.8. The summed E-state index contributed by atoms with van der Waals surface area (Å²) >= 11 is 0. The summed E-state index contributed by atoms with van der Waals surface area (Å²) < 4.78 is 16.0. The van der Waals surface area contributed by atoms with Crippen LogP contribution in [0.1, 0.15) is 71.2 Å². The summed E-state index contributed by atoms with van der Waals surface area (Å²) in [6, 6.07) is 13.9. The van der Waals surface area contributed by atoms with Crippen molar-refractivity contribution in [2.75, 3.05) is 40.4 Å². The van der Waals surface area contributed by atoms with Gasteiger partial charge in [-0.25, -0.2) is 10.0 Å². The molecule has 1 saturated heterocycles. The molecule has 6 rings (SSSR count). The van der Waals surface area contributed by atoms with Crippen LogP contribution in [0.2, 0.25) is 0 Å². The smallest absolute Gasteiger partial charge is 0.324 e. The number of ether oxygens (including phenoxy) is 2. The predicted molar refractivity (Wildman–Crippen MR) is 222 cm³/mol. The Morgan fingerprint density at radius 1 is 1.14 bits per heavy atom. The van der Waals surface area contributed by atoms with Crippen LogP contribution in [0.5, 0.6) is 0 Å². The summed E-state index contributed by atoms with van der Waals surface area (Å²) in [4.78, 5) is 41.5. The maximum absolute atomic E-state index is 14.3. The number of carbonyl (C=O) groups excluding carboxylic acids is 3. The fourth-order valence-corrected chi connectivity index (χ4v) is 8.62. The first-order valence-electron chi connectivity index (χ1n) is 20.2. The first-order chi connectivity index (χ1) is 26.7. The van der Waals surface area contributed by atoms with E-state index in [4.69, 9.17) is 9.47 Å². The van der Waals surface area contributed by atoms with Crippen molar-refractivity contribution in [2.24, 2.45) is 17.3 Å². The SMILES string of the molecule is C=[N+](C)[C@H](C(=O)NCC1Cc2cccc(c2)-c2ccc3c(c2)c(c(C2=C([C@H](C)OC)NCC=C2)n3CC)CC(C)(C)COC(=O)[C@@H]2CCCN(N2)C1=O)C(C)C. The number of hydrogen-bond acceptors (Lipinski definition) is 7. The molecule has 3 aliphatic rings. The minimum Gasteiger partial charge on any atom is -0.464 e. The minimum atomic E-state index is -0.659. The molecule has 2 aromatic carbocycles. The molecule has 3 aliphatic heterocycles. The molecule has 0 saturated carbocycles. The van der Waals surface area contributed by atoms with Gasteiger partial charge in [-0.15, -0.1) is 0 Å². The van der Waals surface area contributed by atoms with E-state index in [1.165, 1.54) is 5.56 Å². The first-order valence-corrected chi connectivity index (χ1v) is 20.2. The van der Waals surface area contributed by atoms with Gasteiger partial charge >= 0.3 is 5.97 Å². The first kappa shape index (κ1) is 40.9. The number of fused-ring (bicyclic) bond motifs is 6. The van der Waals surface area contributed by atoms with Crippen molar-refractivity contribution < 1.29 is 28.4 Å². The molecular formula is C45H61N6O5+. The summed E-state index contributed by atoms with van der Waals surface area (Å²) in [5.41, 5.74) is 11.5. The molecule has 11 nitrogen and oxygen atoms in total. The molecule has 1 aromatic heterocycles. The van der Waals surface area contributed by atoms with Crippen LogP contribution in [0.25, 0.3) is 27.6 Å². The van der Waals surface area contributed by atoms with E-state index >= 15 is 0 Å². The lowest BCUT2D eigenvalue weighted by atomic mass is 9.83. The van der Waals surface area contributed by atoms with E-state index in [0.717, 1.165) is 57.6 Å². The quantitative estimate of drug-likeness (QED) is 0.150. The third kappa shape index (κ3) is 8.64. The maximum Gasteiger partial charge on any atom is 0.324 e. The number of cyclic esters (lactones) is 1. The summed E-state index contributed by atoms with van der Waals surface area (Å²) in [5, 5.41) is 9.39. The molecule has 1 unspecified atom stereocenters. The molecule has 3 N–H and O–H groups in total.